The molecule has 1 aliphatic heterocycles. The summed E-state index contributed by atoms with van der Waals surface area (Å²) < 4.78 is 0. The molecule has 102 valence electrons. The third-order valence-electron chi connectivity index (χ3n) is 3.29. The second kappa shape index (κ2) is 5.73. The van der Waals surface area contributed by atoms with Gasteiger partial charge in [-0.15, -0.1) is 0 Å². The zero-order valence-corrected chi connectivity index (χ0v) is 10.9. The highest BCUT2D eigenvalue weighted by Gasteiger charge is 2.29. The van der Waals surface area contributed by atoms with E-state index < -0.39 is 5.97 Å². The standard InChI is InChI=1S/C14H18N2O3/c1-10-4-6-11(7-5-10)12-9-16(14(19)15-12)8-2-3-13(17)18/h4-7,12H,2-3,8-9H2,1H3,(H,15,19)(H,17,18). The van der Waals surface area contributed by atoms with Crippen LogP contribution in [0.1, 0.15) is 30.0 Å². The molecule has 1 aromatic carbocycles. The van der Waals surface area contributed by atoms with E-state index in [4.69, 9.17) is 5.11 Å². The van der Waals surface area contributed by atoms with E-state index in [-0.39, 0.29) is 18.5 Å². The van der Waals surface area contributed by atoms with Crippen molar-refractivity contribution in [3.8, 4) is 0 Å². The minimum absolute atomic E-state index is 0.00192. The fraction of sp³-hybridized carbons (Fsp3) is 0.429. The molecule has 0 saturated carbocycles. The van der Waals surface area contributed by atoms with Gasteiger partial charge in [0.2, 0.25) is 0 Å². The zero-order chi connectivity index (χ0) is 13.8. The second-order valence-corrected chi connectivity index (χ2v) is 4.86. The zero-order valence-electron chi connectivity index (χ0n) is 10.9. The smallest absolute Gasteiger partial charge is 0.318 e. The van der Waals surface area contributed by atoms with E-state index in [1.165, 1.54) is 5.56 Å². The van der Waals surface area contributed by atoms with Gasteiger partial charge in [0, 0.05) is 19.5 Å². The van der Waals surface area contributed by atoms with Crippen molar-refractivity contribution < 1.29 is 14.7 Å². The Kier molecular flexibility index (Phi) is 4.04. The van der Waals surface area contributed by atoms with E-state index in [2.05, 4.69) is 5.32 Å². The fourth-order valence-corrected chi connectivity index (χ4v) is 2.19. The molecular weight excluding hydrogens is 244 g/mol. The van der Waals surface area contributed by atoms with Gasteiger partial charge in [0.1, 0.15) is 0 Å². The van der Waals surface area contributed by atoms with Gasteiger partial charge in [-0.2, -0.15) is 0 Å². The maximum atomic E-state index is 11.8. The summed E-state index contributed by atoms with van der Waals surface area (Å²) in [5, 5.41) is 11.5. The molecule has 0 aliphatic carbocycles. The van der Waals surface area contributed by atoms with Crippen molar-refractivity contribution in [3.05, 3.63) is 35.4 Å². The molecule has 0 aromatic heterocycles. The number of aryl methyl sites for hydroxylation is 1. The summed E-state index contributed by atoms with van der Waals surface area (Å²) in [7, 11) is 0. The molecule has 1 unspecified atom stereocenters. The molecule has 19 heavy (non-hydrogen) atoms. The second-order valence-electron chi connectivity index (χ2n) is 4.86. The van der Waals surface area contributed by atoms with Gasteiger partial charge in [0.05, 0.1) is 6.04 Å². The number of urea groups is 1. The number of aliphatic carboxylic acids is 1. The summed E-state index contributed by atoms with van der Waals surface area (Å²) in [4.78, 5) is 23.9. The van der Waals surface area contributed by atoms with Crippen LogP contribution in [0.3, 0.4) is 0 Å². The van der Waals surface area contributed by atoms with Crippen molar-refractivity contribution in [2.45, 2.75) is 25.8 Å². The number of amides is 2. The van der Waals surface area contributed by atoms with Crippen LogP contribution in [0.25, 0.3) is 0 Å². The predicted molar refractivity (Wildman–Crippen MR) is 70.9 cm³/mol. The number of carboxylic acids is 1. The van der Waals surface area contributed by atoms with Crippen LogP contribution in [-0.4, -0.2) is 35.1 Å². The van der Waals surface area contributed by atoms with E-state index in [9.17, 15) is 9.59 Å². The van der Waals surface area contributed by atoms with Crippen molar-refractivity contribution >= 4 is 12.0 Å². The Balaban J connectivity index is 1.91. The van der Waals surface area contributed by atoms with Crippen molar-refractivity contribution in [3.63, 3.8) is 0 Å². The third kappa shape index (κ3) is 3.47. The van der Waals surface area contributed by atoms with Crippen LogP contribution in [0.4, 0.5) is 4.79 Å². The van der Waals surface area contributed by atoms with E-state index in [0.717, 1.165) is 5.56 Å². The Bertz CT molecular complexity index is 470. The molecule has 0 bridgehead atoms. The van der Waals surface area contributed by atoms with Gasteiger partial charge in [-0.1, -0.05) is 29.8 Å². The van der Waals surface area contributed by atoms with E-state index >= 15 is 0 Å². The van der Waals surface area contributed by atoms with Gasteiger partial charge < -0.3 is 15.3 Å². The molecule has 2 rings (SSSR count). The van der Waals surface area contributed by atoms with Crippen molar-refractivity contribution in [1.82, 2.24) is 10.2 Å². The highest BCUT2D eigenvalue weighted by molar-refractivity contribution is 5.77. The Morgan fingerprint density at radius 2 is 2.11 bits per heavy atom. The van der Waals surface area contributed by atoms with Gasteiger partial charge >= 0.3 is 12.0 Å². The van der Waals surface area contributed by atoms with Gasteiger partial charge in [-0.3, -0.25) is 4.79 Å². The molecule has 2 amide bonds. The number of hydrogen-bond donors (Lipinski definition) is 2. The normalized spacial score (nSPS) is 18.5. The van der Waals surface area contributed by atoms with Crippen LogP contribution in [-0.2, 0) is 4.79 Å². The van der Waals surface area contributed by atoms with E-state index in [0.29, 0.717) is 19.5 Å². The number of nitrogens with one attached hydrogen (secondary N) is 1. The quantitative estimate of drug-likeness (QED) is 0.851. The van der Waals surface area contributed by atoms with Crippen LogP contribution in [0, 0.1) is 6.92 Å². The molecule has 1 saturated heterocycles. The number of nitrogens with zero attached hydrogens (tertiary/aromatic N) is 1. The summed E-state index contributed by atoms with van der Waals surface area (Å²) in [5.41, 5.74) is 2.27. The fourth-order valence-electron chi connectivity index (χ4n) is 2.19. The Morgan fingerprint density at radius 1 is 1.42 bits per heavy atom. The molecule has 0 radical (unpaired) electrons. The minimum Gasteiger partial charge on any atom is -0.481 e. The summed E-state index contributed by atoms with van der Waals surface area (Å²) in [6.07, 6.45) is 0.586. The van der Waals surface area contributed by atoms with Crippen LogP contribution in [0.15, 0.2) is 24.3 Å². The number of benzene rings is 1. The lowest BCUT2D eigenvalue weighted by atomic mass is 10.1. The number of rotatable bonds is 5. The van der Waals surface area contributed by atoms with Crippen molar-refractivity contribution in [1.29, 1.82) is 0 Å². The van der Waals surface area contributed by atoms with Gasteiger partial charge in [0.25, 0.3) is 0 Å². The monoisotopic (exact) mass is 262 g/mol. The first-order valence-corrected chi connectivity index (χ1v) is 6.40. The van der Waals surface area contributed by atoms with Crippen LogP contribution in [0.5, 0.6) is 0 Å². The van der Waals surface area contributed by atoms with Gasteiger partial charge in [0.15, 0.2) is 0 Å². The molecule has 1 fully saturated rings. The maximum Gasteiger partial charge on any atom is 0.318 e. The predicted octanol–water partition coefficient (Wildman–Crippen LogP) is 1.93. The molecule has 5 nitrogen and oxygen atoms in total. The lowest BCUT2D eigenvalue weighted by molar-refractivity contribution is -0.137. The molecule has 5 heteroatoms. The highest BCUT2D eigenvalue weighted by Crippen LogP contribution is 2.20. The molecule has 1 atom stereocenters. The molecule has 0 spiro atoms. The van der Waals surface area contributed by atoms with Crippen LogP contribution >= 0.6 is 0 Å². The summed E-state index contributed by atoms with van der Waals surface area (Å²) >= 11 is 0. The Hall–Kier alpha value is -2.04. The third-order valence-corrected chi connectivity index (χ3v) is 3.29. The average Bonchev–Trinajstić information content (AvgIpc) is 2.71. The number of hydrogen-bond acceptors (Lipinski definition) is 2. The largest absolute Gasteiger partial charge is 0.481 e. The highest BCUT2D eigenvalue weighted by atomic mass is 16.4. The topological polar surface area (TPSA) is 69.6 Å². The minimum atomic E-state index is -0.824. The molecule has 2 N–H and O–H groups in total. The first-order valence-electron chi connectivity index (χ1n) is 6.40. The van der Waals surface area contributed by atoms with Crippen molar-refractivity contribution in [2.75, 3.05) is 13.1 Å². The van der Waals surface area contributed by atoms with Crippen molar-refractivity contribution in [2.24, 2.45) is 0 Å². The molecule has 1 aromatic rings. The lowest BCUT2D eigenvalue weighted by Crippen LogP contribution is -2.29. The average molecular weight is 262 g/mol. The van der Waals surface area contributed by atoms with E-state index in [1.54, 1.807) is 4.90 Å². The molecular formula is C14H18N2O3. The van der Waals surface area contributed by atoms with Gasteiger partial charge in [-0.25, -0.2) is 4.79 Å². The van der Waals surface area contributed by atoms with Crippen LogP contribution < -0.4 is 5.32 Å². The first-order chi connectivity index (χ1) is 9.06. The van der Waals surface area contributed by atoms with Crippen LogP contribution in [0.2, 0.25) is 0 Å². The maximum absolute atomic E-state index is 11.8. The summed E-state index contributed by atoms with van der Waals surface area (Å²) in [6, 6.07) is 7.96. The Labute approximate surface area is 112 Å². The lowest BCUT2D eigenvalue weighted by Gasteiger charge is -2.14. The number of carbonyl (C=O) groups is 2. The Morgan fingerprint density at radius 3 is 2.74 bits per heavy atom. The van der Waals surface area contributed by atoms with Gasteiger partial charge in [-0.05, 0) is 18.9 Å². The first kappa shape index (κ1) is 13.4. The summed E-state index contributed by atoms with van der Waals surface area (Å²) in [5.74, 6) is -0.824. The molecule has 1 heterocycles. The van der Waals surface area contributed by atoms with E-state index in [1.807, 2.05) is 31.2 Å². The number of carboxylic acid groups (broad SMARTS) is 1. The molecule has 1 aliphatic rings. The SMILES string of the molecule is Cc1ccc(C2CN(CCCC(=O)O)C(=O)N2)cc1. The summed E-state index contributed by atoms with van der Waals surface area (Å²) in [6.45, 7) is 3.11. The number of carbonyl (C=O) groups excluding carboxylic acids is 1.